The minimum absolute atomic E-state index is 0.0932. The Bertz CT molecular complexity index is 1190. The number of nitrogens with one attached hydrogen (secondary N) is 2. The van der Waals surface area contributed by atoms with Crippen LogP contribution in [-0.2, 0) is 11.2 Å². The van der Waals surface area contributed by atoms with Crippen LogP contribution in [0.5, 0.6) is 5.75 Å². The van der Waals surface area contributed by atoms with Gasteiger partial charge in [0.05, 0.1) is 12.8 Å². The molecule has 3 rings (SSSR count). The van der Waals surface area contributed by atoms with Crippen LogP contribution in [0.1, 0.15) is 33.7 Å². The highest BCUT2D eigenvalue weighted by Crippen LogP contribution is 2.31. The number of aromatic amines is 1. The summed E-state index contributed by atoms with van der Waals surface area (Å²) in [4.78, 5) is 32.6. The number of hydrogen-bond donors (Lipinski definition) is 2. The number of methoxy groups -OCH3 is 1. The molecule has 0 atom stereocenters. The van der Waals surface area contributed by atoms with Gasteiger partial charge in [-0.25, -0.2) is 4.98 Å². The van der Waals surface area contributed by atoms with Gasteiger partial charge in [0.2, 0.25) is 5.91 Å². The maximum Gasteiger partial charge on any atom is 0.266 e. The summed E-state index contributed by atoms with van der Waals surface area (Å²) < 4.78 is 5.18. The third kappa shape index (κ3) is 4.42. The van der Waals surface area contributed by atoms with Gasteiger partial charge in [0.25, 0.3) is 5.56 Å². The Morgan fingerprint density at radius 2 is 1.97 bits per heavy atom. The molecule has 0 aliphatic heterocycles. The molecule has 154 valence electrons. The third-order valence-electron chi connectivity index (χ3n) is 4.93. The number of anilines is 1. The fourth-order valence-electron chi connectivity index (χ4n) is 3.31. The van der Waals surface area contributed by atoms with Crippen LogP contribution in [0.2, 0.25) is 0 Å². The molecule has 0 aliphatic rings. The van der Waals surface area contributed by atoms with E-state index < -0.39 is 5.56 Å². The van der Waals surface area contributed by atoms with E-state index in [4.69, 9.17) is 4.74 Å². The summed E-state index contributed by atoms with van der Waals surface area (Å²) in [6.07, 6.45) is 0.639. The van der Waals surface area contributed by atoms with Crippen LogP contribution < -0.4 is 15.6 Å². The lowest BCUT2D eigenvalue weighted by atomic mass is 9.99. The molecule has 0 fully saturated rings. The number of amides is 1. The maximum atomic E-state index is 12.5. The van der Waals surface area contributed by atoms with Crippen molar-refractivity contribution in [3.05, 3.63) is 61.9 Å². The number of nitriles is 1. The number of aromatic nitrogens is 2. The van der Waals surface area contributed by atoms with E-state index in [1.807, 2.05) is 37.3 Å². The second-order valence-corrected chi connectivity index (χ2v) is 8.07. The van der Waals surface area contributed by atoms with Gasteiger partial charge < -0.3 is 15.0 Å². The number of carbonyl (C=O) groups is 1. The van der Waals surface area contributed by atoms with Crippen molar-refractivity contribution in [3.8, 4) is 23.1 Å². The molecule has 2 N–H and O–H groups in total. The summed E-state index contributed by atoms with van der Waals surface area (Å²) in [5.74, 6) is 0.598. The Morgan fingerprint density at radius 3 is 2.60 bits per heavy atom. The number of thiazole rings is 1. The predicted molar refractivity (Wildman–Crippen MR) is 117 cm³/mol. The third-order valence-corrected chi connectivity index (χ3v) is 5.81. The molecule has 0 aliphatic carbocycles. The summed E-state index contributed by atoms with van der Waals surface area (Å²) in [5.41, 5.74) is 3.59. The second kappa shape index (κ2) is 8.93. The summed E-state index contributed by atoms with van der Waals surface area (Å²) in [7, 11) is 1.62. The highest BCUT2D eigenvalue weighted by Gasteiger charge is 2.15. The fourth-order valence-corrected chi connectivity index (χ4v) is 4.16. The van der Waals surface area contributed by atoms with E-state index in [0.29, 0.717) is 22.8 Å². The number of rotatable bonds is 6. The summed E-state index contributed by atoms with van der Waals surface area (Å²) in [6, 6.07) is 9.54. The van der Waals surface area contributed by atoms with Gasteiger partial charge in [-0.15, -0.1) is 11.3 Å². The molecule has 8 heteroatoms. The first kappa shape index (κ1) is 21.3. The molecular formula is C22H22N4O3S. The average molecular weight is 423 g/mol. The molecule has 30 heavy (non-hydrogen) atoms. The van der Waals surface area contributed by atoms with Crippen molar-refractivity contribution in [3.63, 3.8) is 0 Å². The number of hydrogen-bond acceptors (Lipinski definition) is 6. The monoisotopic (exact) mass is 422 g/mol. The van der Waals surface area contributed by atoms with Crippen molar-refractivity contribution < 1.29 is 9.53 Å². The maximum absolute atomic E-state index is 12.5. The zero-order valence-electron chi connectivity index (χ0n) is 17.3. The van der Waals surface area contributed by atoms with Gasteiger partial charge in [-0.05, 0) is 62.6 Å². The lowest BCUT2D eigenvalue weighted by molar-refractivity contribution is -0.116. The minimum atomic E-state index is -0.398. The van der Waals surface area contributed by atoms with Gasteiger partial charge in [-0.1, -0.05) is 0 Å². The fraction of sp³-hybridized carbons (Fsp3) is 0.273. The van der Waals surface area contributed by atoms with Gasteiger partial charge in [-0.3, -0.25) is 9.59 Å². The number of carbonyl (C=O) groups excluding carboxylic acids is 1. The molecule has 2 aromatic heterocycles. The molecule has 1 amide bonds. The number of H-pyrrole nitrogens is 1. The van der Waals surface area contributed by atoms with Crippen molar-refractivity contribution >= 4 is 22.4 Å². The molecule has 3 aromatic rings. The van der Waals surface area contributed by atoms with Crippen LogP contribution in [-0.4, -0.2) is 23.0 Å². The van der Waals surface area contributed by atoms with Crippen LogP contribution >= 0.6 is 11.3 Å². The van der Waals surface area contributed by atoms with E-state index in [1.54, 1.807) is 21.0 Å². The first-order chi connectivity index (χ1) is 14.3. The average Bonchev–Trinajstić information content (AvgIpc) is 3.07. The summed E-state index contributed by atoms with van der Waals surface area (Å²) >= 11 is 1.42. The van der Waals surface area contributed by atoms with Gasteiger partial charge in [0.15, 0.2) is 5.13 Å². The Kier molecular flexibility index (Phi) is 6.33. The molecule has 7 nitrogen and oxygen atoms in total. The van der Waals surface area contributed by atoms with Gasteiger partial charge >= 0.3 is 0 Å². The zero-order valence-corrected chi connectivity index (χ0v) is 18.1. The Hall–Kier alpha value is -3.44. The second-order valence-electron chi connectivity index (χ2n) is 6.87. The quantitative estimate of drug-likeness (QED) is 0.627. The van der Waals surface area contributed by atoms with Crippen LogP contribution in [0.15, 0.2) is 29.1 Å². The smallest absolute Gasteiger partial charge is 0.266 e. The highest BCUT2D eigenvalue weighted by atomic mass is 32.1. The number of ether oxygens (including phenoxy) is 1. The van der Waals surface area contributed by atoms with Crippen molar-refractivity contribution in [2.24, 2.45) is 0 Å². The van der Waals surface area contributed by atoms with Gasteiger partial charge in [-0.2, -0.15) is 5.26 Å². The molecule has 0 spiro atoms. The molecule has 0 radical (unpaired) electrons. The molecule has 2 heterocycles. The molecule has 0 unspecified atom stereocenters. The zero-order chi connectivity index (χ0) is 21.8. The molecular weight excluding hydrogens is 400 g/mol. The molecule has 0 saturated carbocycles. The summed E-state index contributed by atoms with van der Waals surface area (Å²) in [5, 5.41) is 12.6. The van der Waals surface area contributed by atoms with Crippen LogP contribution in [0.4, 0.5) is 5.13 Å². The summed E-state index contributed by atoms with van der Waals surface area (Å²) in [6.45, 7) is 5.47. The Labute approximate surface area is 178 Å². The molecule has 0 saturated heterocycles. The van der Waals surface area contributed by atoms with Crippen LogP contribution in [0.3, 0.4) is 0 Å². The molecule has 0 bridgehead atoms. The van der Waals surface area contributed by atoms with E-state index in [1.165, 1.54) is 11.3 Å². The predicted octanol–water partition coefficient (Wildman–Crippen LogP) is 3.88. The van der Waals surface area contributed by atoms with Crippen molar-refractivity contribution in [2.45, 2.75) is 33.6 Å². The van der Waals surface area contributed by atoms with E-state index in [0.717, 1.165) is 27.4 Å². The number of pyridine rings is 1. The van der Waals surface area contributed by atoms with E-state index in [9.17, 15) is 14.9 Å². The van der Waals surface area contributed by atoms with Gasteiger partial charge in [0, 0.05) is 22.6 Å². The van der Waals surface area contributed by atoms with E-state index in [-0.39, 0.29) is 17.9 Å². The van der Waals surface area contributed by atoms with Crippen LogP contribution in [0.25, 0.3) is 11.3 Å². The van der Waals surface area contributed by atoms with E-state index in [2.05, 4.69) is 15.3 Å². The normalized spacial score (nSPS) is 10.5. The Morgan fingerprint density at radius 1 is 1.27 bits per heavy atom. The topological polar surface area (TPSA) is 108 Å². The minimum Gasteiger partial charge on any atom is -0.497 e. The number of benzene rings is 1. The Balaban J connectivity index is 1.71. The SMILES string of the molecule is COc1ccc(-c2nc(NC(=O)CCc3c(C)[nH]c(=O)c(C#N)c3C)sc2C)cc1. The number of aryl methyl sites for hydroxylation is 2. The van der Waals surface area contributed by atoms with Crippen LogP contribution in [0, 0.1) is 32.1 Å². The van der Waals surface area contributed by atoms with Crippen molar-refractivity contribution in [2.75, 3.05) is 12.4 Å². The van der Waals surface area contributed by atoms with E-state index >= 15 is 0 Å². The largest absolute Gasteiger partial charge is 0.497 e. The van der Waals surface area contributed by atoms with Crippen molar-refractivity contribution in [1.29, 1.82) is 5.26 Å². The molecule has 1 aromatic carbocycles. The highest BCUT2D eigenvalue weighted by molar-refractivity contribution is 7.16. The standard InChI is InChI=1S/C22H22N4O3S/c1-12-17(13(2)24-21(28)18(12)11-23)9-10-19(27)25-22-26-20(14(3)30-22)15-5-7-16(29-4)8-6-15/h5-8H,9-10H2,1-4H3,(H,24,28)(H,25,26,27). The lowest BCUT2D eigenvalue weighted by Gasteiger charge is -2.10. The van der Waals surface area contributed by atoms with Gasteiger partial charge in [0.1, 0.15) is 17.4 Å². The first-order valence-corrected chi connectivity index (χ1v) is 10.2. The lowest BCUT2D eigenvalue weighted by Crippen LogP contribution is -2.18. The van der Waals surface area contributed by atoms with Crippen molar-refractivity contribution in [1.82, 2.24) is 9.97 Å². The number of nitrogens with zero attached hydrogens (tertiary/aromatic N) is 2. The first-order valence-electron chi connectivity index (χ1n) is 9.38.